The maximum atomic E-state index is 12.8. The first-order valence-electron chi connectivity index (χ1n) is 14.3. The molecule has 2 aliphatic heterocycles. The van der Waals surface area contributed by atoms with E-state index >= 15 is 0 Å². The molecule has 0 saturated carbocycles. The molecule has 2 aliphatic rings. The molecule has 220 valence electrons. The Morgan fingerprint density at radius 3 is 2.63 bits per heavy atom. The van der Waals surface area contributed by atoms with Gasteiger partial charge in [-0.1, -0.05) is 50.2 Å². The number of ether oxygens (including phenoxy) is 1. The monoisotopic (exact) mass is 577 g/mol. The number of halogens is 1. The number of carbonyl (C=O) groups is 2. The highest BCUT2D eigenvalue weighted by Gasteiger charge is 2.27. The lowest BCUT2D eigenvalue weighted by Gasteiger charge is -2.31. The molecule has 3 rings (SSSR count). The molecule has 0 radical (unpaired) electrons. The van der Waals surface area contributed by atoms with Gasteiger partial charge in [-0.25, -0.2) is 4.79 Å². The van der Waals surface area contributed by atoms with Gasteiger partial charge in [0, 0.05) is 54.1 Å². The van der Waals surface area contributed by atoms with Crippen molar-refractivity contribution in [3.8, 4) is 0 Å². The predicted molar refractivity (Wildman–Crippen MR) is 169 cm³/mol. The average Bonchev–Trinajstić information content (AvgIpc) is 2.98. The summed E-state index contributed by atoms with van der Waals surface area (Å²) in [6, 6.07) is 5.87. The molecule has 0 fully saturated rings. The van der Waals surface area contributed by atoms with Crippen molar-refractivity contribution in [1.82, 2.24) is 10.2 Å². The molecule has 1 unspecified atom stereocenters. The molecule has 0 spiro atoms. The molecule has 1 aromatic rings. The fourth-order valence-electron chi connectivity index (χ4n) is 5.32. The van der Waals surface area contributed by atoms with E-state index < -0.39 is 5.60 Å². The van der Waals surface area contributed by atoms with E-state index in [1.54, 1.807) is 11.1 Å². The van der Waals surface area contributed by atoms with Gasteiger partial charge < -0.3 is 15.0 Å². The Bertz CT molecular complexity index is 1360. The number of aliphatic imine (C=N–C) groups is 1. The summed E-state index contributed by atoms with van der Waals surface area (Å²) in [5.41, 5.74) is 6.92. The highest BCUT2D eigenvalue weighted by molar-refractivity contribution is 6.30. The van der Waals surface area contributed by atoms with E-state index in [1.165, 1.54) is 6.92 Å². The lowest BCUT2D eigenvalue weighted by Crippen LogP contribution is -2.40. The van der Waals surface area contributed by atoms with Gasteiger partial charge in [-0.3, -0.25) is 9.79 Å². The number of carbonyl (C=O) groups excluding carboxylic acids is 2. The van der Waals surface area contributed by atoms with Crippen LogP contribution in [0.15, 0.2) is 82.2 Å². The summed E-state index contributed by atoms with van der Waals surface area (Å²) in [5.74, 6) is -0.124. The number of aryl methyl sites for hydroxylation is 1. The molecule has 0 bridgehead atoms. The molecule has 0 aliphatic carbocycles. The van der Waals surface area contributed by atoms with Crippen LogP contribution >= 0.6 is 11.6 Å². The Kier molecular flexibility index (Phi) is 10.6. The van der Waals surface area contributed by atoms with Crippen molar-refractivity contribution >= 4 is 29.3 Å². The van der Waals surface area contributed by atoms with Gasteiger partial charge in [0.15, 0.2) is 0 Å². The molecule has 0 saturated heterocycles. The number of hydrogen-bond donors (Lipinski definition) is 1. The number of hydrogen-bond acceptors (Lipinski definition) is 4. The summed E-state index contributed by atoms with van der Waals surface area (Å²) in [6.45, 7) is 20.9. The molecule has 0 aromatic heterocycles. The summed E-state index contributed by atoms with van der Waals surface area (Å²) < 4.78 is 5.65. The van der Waals surface area contributed by atoms with Gasteiger partial charge >= 0.3 is 6.09 Å². The van der Waals surface area contributed by atoms with E-state index in [2.05, 4.69) is 49.8 Å². The number of allylic oxidation sites excluding steroid dienone is 6. The number of rotatable bonds is 5. The van der Waals surface area contributed by atoms with Crippen LogP contribution in [-0.4, -0.2) is 41.3 Å². The van der Waals surface area contributed by atoms with E-state index in [0.717, 1.165) is 52.0 Å². The van der Waals surface area contributed by atoms with E-state index in [4.69, 9.17) is 16.3 Å². The zero-order chi connectivity index (χ0) is 30.5. The van der Waals surface area contributed by atoms with Crippen LogP contribution < -0.4 is 5.32 Å². The summed E-state index contributed by atoms with van der Waals surface area (Å²) >= 11 is 6.34. The van der Waals surface area contributed by atoms with Crippen LogP contribution in [0, 0.1) is 12.8 Å². The molecule has 1 aromatic carbocycles. The molecular weight excluding hydrogens is 534 g/mol. The summed E-state index contributed by atoms with van der Waals surface area (Å²) in [6.07, 6.45) is 9.19. The molecule has 1 N–H and O–H groups in total. The van der Waals surface area contributed by atoms with Crippen molar-refractivity contribution in [2.45, 2.75) is 79.8 Å². The Labute approximate surface area is 250 Å². The molecule has 7 heteroatoms. The minimum atomic E-state index is -0.544. The molecule has 41 heavy (non-hydrogen) atoms. The van der Waals surface area contributed by atoms with Crippen molar-refractivity contribution < 1.29 is 14.3 Å². The van der Waals surface area contributed by atoms with E-state index in [9.17, 15) is 9.59 Å². The number of nitrogens with one attached hydrogen (secondary N) is 1. The minimum Gasteiger partial charge on any atom is -0.444 e. The number of benzene rings is 1. The van der Waals surface area contributed by atoms with Gasteiger partial charge in [-0.15, -0.1) is 0 Å². The smallest absolute Gasteiger partial charge is 0.410 e. The van der Waals surface area contributed by atoms with Gasteiger partial charge in [0.25, 0.3) is 0 Å². The SMILES string of the molecule is C=C1C=CN=C(C)C(C(=C\C(C)c2cc(Cl)ccc2C)/NC(C)=O)=C1/C1=C\[C@@H](C)CN(C(=O)OC(C)(C)C)CCC1. The Hall–Kier alpha value is -3.38. The lowest BCUT2D eigenvalue weighted by molar-refractivity contribution is -0.118. The average molecular weight is 578 g/mol. The molecule has 2 atom stereocenters. The molecule has 2 amide bonds. The Balaban J connectivity index is 2.13. The van der Waals surface area contributed by atoms with Gasteiger partial charge in [-0.2, -0.15) is 0 Å². The van der Waals surface area contributed by atoms with Crippen LogP contribution in [0.1, 0.15) is 78.4 Å². The molecular formula is C34H44ClN3O3. The first kappa shape index (κ1) is 32.1. The summed E-state index contributed by atoms with van der Waals surface area (Å²) in [5, 5.41) is 3.77. The lowest BCUT2D eigenvalue weighted by atomic mass is 9.84. The normalized spacial score (nSPS) is 20.8. The zero-order valence-electron chi connectivity index (χ0n) is 25.7. The van der Waals surface area contributed by atoms with E-state index in [1.807, 2.05) is 52.0 Å². The maximum Gasteiger partial charge on any atom is 0.410 e. The Morgan fingerprint density at radius 1 is 1.27 bits per heavy atom. The molecule has 2 heterocycles. The van der Waals surface area contributed by atoms with Crippen LogP contribution in [0.2, 0.25) is 5.02 Å². The fourth-order valence-corrected chi connectivity index (χ4v) is 5.50. The summed E-state index contributed by atoms with van der Waals surface area (Å²) in [4.78, 5) is 31.8. The highest BCUT2D eigenvalue weighted by atomic mass is 35.5. The van der Waals surface area contributed by atoms with Gasteiger partial charge in [0.05, 0.1) is 0 Å². The third-order valence-electron chi connectivity index (χ3n) is 7.05. The van der Waals surface area contributed by atoms with Crippen molar-refractivity contribution in [2.24, 2.45) is 10.9 Å². The van der Waals surface area contributed by atoms with E-state index in [0.29, 0.717) is 23.8 Å². The van der Waals surface area contributed by atoms with Crippen LogP contribution in [0.3, 0.4) is 0 Å². The third kappa shape index (κ3) is 8.80. The fraction of sp³-hybridized carbons (Fsp3) is 0.441. The first-order chi connectivity index (χ1) is 19.2. The van der Waals surface area contributed by atoms with Crippen LogP contribution in [0.5, 0.6) is 0 Å². The van der Waals surface area contributed by atoms with Crippen LogP contribution in [-0.2, 0) is 9.53 Å². The highest BCUT2D eigenvalue weighted by Crippen LogP contribution is 2.35. The second-order valence-electron chi connectivity index (χ2n) is 12.1. The van der Waals surface area contributed by atoms with Crippen LogP contribution in [0.25, 0.3) is 0 Å². The van der Waals surface area contributed by atoms with Crippen LogP contribution in [0.4, 0.5) is 4.79 Å². The van der Waals surface area contributed by atoms with Gasteiger partial charge in [0.2, 0.25) is 5.91 Å². The van der Waals surface area contributed by atoms with Gasteiger partial charge in [-0.05, 0) is 99.4 Å². The van der Waals surface area contributed by atoms with Crippen molar-refractivity contribution in [1.29, 1.82) is 0 Å². The minimum absolute atomic E-state index is 0.0331. The molecule has 6 nitrogen and oxygen atoms in total. The standard InChI is InChI=1S/C34H44ClN3O3/c1-21-17-27(11-10-16-38(20-21)33(40)41-34(7,8)9)31-23(3)14-15-36-25(5)32(31)30(37-26(6)39)18-24(4)29-19-28(35)13-12-22(29)2/h12-15,17-19,21,24H,3,10-11,16,20H2,1-2,4-9H3,(H,37,39)/b27-17-,30-18+/t21-,24?/m1/s1. The zero-order valence-corrected chi connectivity index (χ0v) is 26.5. The number of amides is 2. The topological polar surface area (TPSA) is 71.0 Å². The first-order valence-corrected chi connectivity index (χ1v) is 14.6. The maximum absolute atomic E-state index is 12.8. The summed E-state index contributed by atoms with van der Waals surface area (Å²) in [7, 11) is 0. The predicted octanol–water partition coefficient (Wildman–Crippen LogP) is 8.21. The van der Waals surface area contributed by atoms with Crippen molar-refractivity contribution in [3.63, 3.8) is 0 Å². The second kappa shape index (κ2) is 13.5. The van der Waals surface area contributed by atoms with E-state index in [-0.39, 0.29) is 23.8 Å². The number of nitrogens with zero attached hydrogens (tertiary/aromatic N) is 2. The quantitative estimate of drug-likeness (QED) is 0.383. The van der Waals surface area contributed by atoms with Crippen molar-refractivity contribution in [3.05, 3.63) is 93.3 Å². The second-order valence-corrected chi connectivity index (χ2v) is 12.5. The third-order valence-corrected chi connectivity index (χ3v) is 7.28. The Morgan fingerprint density at radius 2 is 1.98 bits per heavy atom. The largest absolute Gasteiger partial charge is 0.444 e. The van der Waals surface area contributed by atoms with Crippen molar-refractivity contribution in [2.75, 3.05) is 13.1 Å². The van der Waals surface area contributed by atoms with Gasteiger partial charge in [0.1, 0.15) is 5.60 Å².